The molecule has 3 rings (SSSR count). The van der Waals surface area contributed by atoms with Crippen molar-refractivity contribution in [2.45, 2.75) is 13.5 Å². The third-order valence-corrected chi connectivity index (χ3v) is 4.88. The molecule has 1 amide bonds. The zero-order chi connectivity index (χ0) is 17.3. The average Bonchev–Trinajstić information content (AvgIpc) is 2.93. The molecule has 0 aliphatic carbocycles. The Morgan fingerprint density at radius 2 is 2.21 bits per heavy atom. The summed E-state index contributed by atoms with van der Waals surface area (Å²) < 4.78 is 6.47. The molecule has 124 valence electrons. The molecule has 0 aliphatic heterocycles. The first-order chi connectivity index (χ1) is 11.5. The van der Waals surface area contributed by atoms with Crippen molar-refractivity contribution < 1.29 is 9.53 Å². The zero-order valence-corrected chi connectivity index (χ0v) is 14.3. The number of aryl methyl sites for hydroxylation is 2. The van der Waals surface area contributed by atoms with Gasteiger partial charge in [-0.25, -0.2) is 9.97 Å². The molecule has 0 saturated heterocycles. The van der Waals surface area contributed by atoms with E-state index in [-0.39, 0.29) is 11.5 Å². The molecule has 0 atom stereocenters. The Morgan fingerprint density at radius 1 is 1.42 bits per heavy atom. The minimum absolute atomic E-state index is 0.147. The van der Waals surface area contributed by atoms with Crippen molar-refractivity contribution in [1.29, 1.82) is 0 Å². The van der Waals surface area contributed by atoms with Gasteiger partial charge in [-0.2, -0.15) is 0 Å². The van der Waals surface area contributed by atoms with E-state index in [2.05, 4.69) is 15.3 Å². The van der Waals surface area contributed by atoms with Crippen LogP contribution in [0.1, 0.15) is 20.8 Å². The highest BCUT2D eigenvalue weighted by molar-refractivity contribution is 7.20. The Labute approximate surface area is 141 Å². The van der Waals surface area contributed by atoms with Gasteiger partial charge in [0.05, 0.1) is 23.7 Å². The first kappa shape index (κ1) is 16.1. The van der Waals surface area contributed by atoms with Crippen LogP contribution in [-0.2, 0) is 13.6 Å². The third kappa shape index (κ3) is 2.88. The van der Waals surface area contributed by atoms with Crippen molar-refractivity contribution in [2.75, 3.05) is 7.11 Å². The van der Waals surface area contributed by atoms with Gasteiger partial charge in [-0.15, -0.1) is 11.3 Å². The minimum atomic E-state index is -0.228. The predicted molar refractivity (Wildman–Crippen MR) is 91.6 cm³/mol. The van der Waals surface area contributed by atoms with Gasteiger partial charge in [-0.3, -0.25) is 9.59 Å². The molecular weight excluding hydrogens is 328 g/mol. The highest BCUT2D eigenvalue weighted by atomic mass is 32.1. The van der Waals surface area contributed by atoms with Crippen LogP contribution in [0.2, 0.25) is 0 Å². The van der Waals surface area contributed by atoms with E-state index in [1.165, 1.54) is 22.2 Å². The van der Waals surface area contributed by atoms with E-state index >= 15 is 0 Å². The molecule has 0 spiro atoms. The van der Waals surface area contributed by atoms with Gasteiger partial charge in [-0.05, 0) is 24.1 Å². The molecule has 1 N–H and O–H groups in total. The lowest BCUT2D eigenvalue weighted by Gasteiger charge is -2.06. The van der Waals surface area contributed by atoms with Crippen molar-refractivity contribution >= 4 is 27.5 Å². The number of pyridine rings is 1. The van der Waals surface area contributed by atoms with Crippen LogP contribution in [0.3, 0.4) is 0 Å². The maximum Gasteiger partial charge on any atom is 0.262 e. The SMILES string of the molecule is COc1cc(CNC(=O)c2sc3ncn(C)c(=O)c3c2C)ccn1. The number of hydrogen-bond acceptors (Lipinski definition) is 6. The molecule has 8 heteroatoms. The fraction of sp³-hybridized carbons (Fsp3) is 0.250. The summed E-state index contributed by atoms with van der Waals surface area (Å²) in [6.07, 6.45) is 3.09. The normalized spacial score (nSPS) is 10.8. The molecule has 0 unspecified atom stereocenters. The summed E-state index contributed by atoms with van der Waals surface area (Å²) in [5.41, 5.74) is 1.39. The Hall–Kier alpha value is -2.74. The lowest BCUT2D eigenvalue weighted by Crippen LogP contribution is -2.23. The Kier molecular flexibility index (Phi) is 4.30. The molecule has 3 aromatic rings. The standard InChI is InChI=1S/C16H16N4O3S/c1-9-12-15(19-8-20(2)16(12)22)24-13(9)14(21)18-7-10-4-5-17-11(6-10)23-3/h4-6,8H,7H2,1-3H3,(H,18,21). The summed E-state index contributed by atoms with van der Waals surface area (Å²) in [7, 11) is 3.18. The molecule has 0 aliphatic rings. The number of rotatable bonds is 4. The Bertz CT molecular complexity index is 977. The number of carbonyl (C=O) groups is 1. The molecule has 3 heterocycles. The smallest absolute Gasteiger partial charge is 0.262 e. The summed E-state index contributed by atoms with van der Waals surface area (Å²) in [6.45, 7) is 2.11. The Morgan fingerprint density at radius 3 is 2.96 bits per heavy atom. The van der Waals surface area contributed by atoms with E-state index in [4.69, 9.17) is 4.74 Å². The number of ether oxygens (including phenoxy) is 1. The molecule has 0 bridgehead atoms. The fourth-order valence-corrected chi connectivity index (χ4v) is 3.42. The van der Waals surface area contributed by atoms with E-state index in [9.17, 15) is 9.59 Å². The second kappa shape index (κ2) is 6.40. The molecular formula is C16H16N4O3S. The van der Waals surface area contributed by atoms with Gasteiger partial charge in [0.25, 0.3) is 11.5 Å². The van der Waals surface area contributed by atoms with Gasteiger partial charge in [-0.1, -0.05) is 0 Å². The van der Waals surface area contributed by atoms with E-state index < -0.39 is 0 Å². The topological polar surface area (TPSA) is 86.1 Å². The summed E-state index contributed by atoms with van der Waals surface area (Å²) in [5.74, 6) is 0.265. The van der Waals surface area contributed by atoms with Crippen LogP contribution in [0.5, 0.6) is 5.88 Å². The van der Waals surface area contributed by atoms with Gasteiger partial charge >= 0.3 is 0 Å². The summed E-state index contributed by atoms with van der Waals surface area (Å²) in [6, 6.07) is 3.56. The molecule has 3 aromatic heterocycles. The third-order valence-electron chi connectivity index (χ3n) is 3.68. The molecule has 0 radical (unpaired) electrons. The number of fused-ring (bicyclic) bond motifs is 1. The number of aromatic nitrogens is 3. The zero-order valence-electron chi connectivity index (χ0n) is 13.5. The number of carbonyl (C=O) groups excluding carboxylic acids is 1. The summed E-state index contributed by atoms with van der Waals surface area (Å²) in [4.78, 5) is 34.0. The largest absolute Gasteiger partial charge is 0.481 e. The van der Waals surface area contributed by atoms with Crippen LogP contribution < -0.4 is 15.6 Å². The highest BCUT2D eigenvalue weighted by Gasteiger charge is 2.18. The molecule has 0 aromatic carbocycles. The van der Waals surface area contributed by atoms with Crippen LogP contribution in [0.25, 0.3) is 10.2 Å². The Balaban J connectivity index is 1.85. The number of thiophene rings is 1. The number of amides is 1. The summed E-state index contributed by atoms with van der Waals surface area (Å²) >= 11 is 1.22. The highest BCUT2D eigenvalue weighted by Crippen LogP contribution is 2.26. The van der Waals surface area contributed by atoms with Crippen LogP contribution in [0, 0.1) is 6.92 Å². The van der Waals surface area contributed by atoms with Crippen LogP contribution in [-0.4, -0.2) is 27.6 Å². The van der Waals surface area contributed by atoms with Crippen molar-refractivity contribution in [3.05, 3.63) is 51.0 Å². The number of nitrogens with one attached hydrogen (secondary N) is 1. The predicted octanol–water partition coefficient (Wildman–Crippen LogP) is 1.64. The number of methoxy groups -OCH3 is 1. The molecule has 0 fully saturated rings. The maximum absolute atomic E-state index is 12.5. The van der Waals surface area contributed by atoms with Crippen molar-refractivity contribution in [1.82, 2.24) is 19.9 Å². The van der Waals surface area contributed by atoms with Gasteiger partial charge < -0.3 is 14.6 Å². The monoisotopic (exact) mass is 344 g/mol. The minimum Gasteiger partial charge on any atom is -0.481 e. The second-order valence-electron chi connectivity index (χ2n) is 5.29. The molecule has 24 heavy (non-hydrogen) atoms. The molecule has 0 saturated carbocycles. The maximum atomic E-state index is 12.5. The number of hydrogen-bond donors (Lipinski definition) is 1. The van der Waals surface area contributed by atoms with Gasteiger partial charge in [0.15, 0.2) is 0 Å². The summed E-state index contributed by atoms with van der Waals surface area (Å²) in [5, 5.41) is 3.35. The lowest BCUT2D eigenvalue weighted by atomic mass is 10.2. The first-order valence-corrected chi connectivity index (χ1v) is 8.04. The quantitative estimate of drug-likeness (QED) is 0.777. The molecule has 7 nitrogen and oxygen atoms in total. The van der Waals surface area contributed by atoms with E-state index in [0.29, 0.717) is 33.1 Å². The van der Waals surface area contributed by atoms with Crippen molar-refractivity contribution in [3.63, 3.8) is 0 Å². The number of nitrogens with zero attached hydrogens (tertiary/aromatic N) is 3. The second-order valence-corrected chi connectivity index (χ2v) is 6.29. The first-order valence-electron chi connectivity index (χ1n) is 7.23. The van der Waals surface area contributed by atoms with Gasteiger partial charge in [0, 0.05) is 25.9 Å². The van der Waals surface area contributed by atoms with Crippen LogP contribution in [0.4, 0.5) is 0 Å². The van der Waals surface area contributed by atoms with Crippen molar-refractivity contribution in [3.8, 4) is 5.88 Å². The van der Waals surface area contributed by atoms with E-state index in [1.54, 1.807) is 39.4 Å². The van der Waals surface area contributed by atoms with E-state index in [0.717, 1.165) is 5.56 Å². The van der Waals surface area contributed by atoms with Crippen LogP contribution >= 0.6 is 11.3 Å². The average molecular weight is 344 g/mol. The van der Waals surface area contributed by atoms with Gasteiger partial charge in [0.1, 0.15) is 4.83 Å². The van der Waals surface area contributed by atoms with Gasteiger partial charge in [0.2, 0.25) is 5.88 Å². The van der Waals surface area contributed by atoms with Crippen LogP contribution in [0.15, 0.2) is 29.5 Å². The van der Waals surface area contributed by atoms with Crippen molar-refractivity contribution in [2.24, 2.45) is 7.05 Å². The lowest BCUT2D eigenvalue weighted by molar-refractivity contribution is 0.0954. The van der Waals surface area contributed by atoms with E-state index in [1.807, 2.05) is 0 Å². The fourth-order valence-electron chi connectivity index (χ4n) is 2.36.